The second kappa shape index (κ2) is 3.37. The topological polar surface area (TPSA) is 64.7 Å². The van der Waals surface area contributed by atoms with Crippen LogP contribution >= 0.6 is 0 Å². The van der Waals surface area contributed by atoms with Crippen LogP contribution in [0.2, 0.25) is 0 Å². The molecular formula is C9H8N4O. The number of aryl methyl sites for hydroxylation is 1. The zero-order valence-corrected chi connectivity index (χ0v) is 7.64. The summed E-state index contributed by atoms with van der Waals surface area (Å²) in [6, 6.07) is 3.55. The molecule has 2 aromatic rings. The van der Waals surface area contributed by atoms with Crippen molar-refractivity contribution in [1.29, 1.82) is 0 Å². The lowest BCUT2D eigenvalue weighted by Crippen LogP contribution is -1.89. The van der Waals surface area contributed by atoms with Gasteiger partial charge in [-0.05, 0) is 25.1 Å². The van der Waals surface area contributed by atoms with Gasteiger partial charge in [0, 0.05) is 0 Å². The summed E-state index contributed by atoms with van der Waals surface area (Å²) in [5.74, 6) is 0.959. The number of rotatable bonds is 2. The molecule has 0 amide bonds. The standard InChI is InChI=1S/C9H8N4O/c1-3-7-4-5-8(12-11-7)9-10-6(2)13-14-9/h3-5H,1H2,2H3. The zero-order valence-electron chi connectivity index (χ0n) is 7.64. The Morgan fingerprint density at radius 1 is 1.36 bits per heavy atom. The molecule has 0 fully saturated rings. The van der Waals surface area contributed by atoms with Crippen LogP contribution in [0.4, 0.5) is 0 Å². The van der Waals surface area contributed by atoms with E-state index in [9.17, 15) is 0 Å². The van der Waals surface area contributed by atoms with Gasteiger partial charge in [0.05, 0.1) is 5.69 Å². The molecule has 0 saturated heterocycles. The maximum Gasteiger partial charge on any atom is 0.278 e. The van der Waals surface area contributed by atoms with Gasteiger partial charge in [0.1, 0.15) is 0 Å². The Labute approximate surface area is 80.5 Å². The van der Waals surface area contributed by atoms with Gasteiger partial charge in [0.25, 0.3) is 5.89 Å². The highest BCUT2D eigenvalue weighted by molar-refractivity contribution is 5.48. The molecule has 0 bridgehead atoms. The van der Waals surface area contributed by atoms with E-state index in [1.165, 1.54) is 0 Å². The second-order valence-electron chi connectivity index (χ2n) is 2.69. The third kappa shape index (κ3) is 1.52. The van der Waals surface area contributed by atoms with Crippen LogP contribution in [0.5, 0.6) is 0 Å². The highest BCUT2D eigenvalue weighted by Crippen LogP contribution is 2.12. The molecule has 0 aliphatic carbocycles. The van der Waals surface area contributed by atoms with E-state index in [4.69, 9.17) is 4.52 Å². The molecule has 0 unspecified atom stereocenters. The first-order chi connectivity index (χ1) is 6.79. The lowest BCUT2D eigenvalue weighted by molar-refractivity contribution is 0.424. The minimum Gasteiger partial charge on any atom is -0.332 e. The van der Waals surface area contributed by atoms with Crippen LogP contribution in [0.15, 0.2) is 23.2 Å². The highest BCUT2D eigenvalue weighted by atomic mass is 16.5. The van der Waals surface area contributed by atoms with Crippen LogP contribution in [0.3, 0.4) is 0 Å². The number of aromatic nitrogens is 4. The quantitative estimate of drug-likeness (QED) is 0.714. The predicted octanol–water partition coefficient (Wildman–Crippen LogP) is 1.48. The van der Waals surface area contributed by atoms with E-state index in [2.05, 4.69) is 26.9 Å². The zero-order chi connectivity index (χ0) is 9.97. The molecule has 14 heavy (non-hydrogen) atoms. The lowest BCUT2D eigenvalue weighted by atomic mass is 10.3. The summed E-state index contributed by atoms with van der Waals surface area (Å²) < 4.78 is 4.93. The minimum atomic E-state index is 0.380. The predicted molar refractivity (Wildman–Crippen MR) is 50.2 cm³/mol. The Kier molecular flexibility index (Phi) is 2.06. The van der Waals surface area contributed by atoms with Crippen molar-refractivity contribution in [3.63, 3.8) is 0 Å². The Bertz CT molecular complexity index is 446. The van der Waals surface area contributed by atoms with Gasteiger partial charge in [-0.2, -0.15) is 10.1 Å². The van der Waals surface area contributed by atoms with Crippen molar-refractivity contribution in [1.82, 2.24) is 20.3 Å². The first-order valence-electron chi connectivity index (χ1n) is 4.06. The number of hydrogen-bond donors (Lipinski definition) is 0. The second-order valence-corrected chi connectivity index (χ2v) is 2.69. The first-order valence-corrected chi connectivity index (χ1v) is 4.06. The number of hydrogen-bond acceptors (Lipinski definition) is 5. The van der Waals surface area contributed by atoms with Crippen molar-refractivity contribution >= 4 is 6.08 Å². The molecule has 2 aromatic heterocycles. The molecule has 5 nitrogen and oxygen atoms in total. The van der Waals surface area contributed by atoms with Crippen LogP contribution in [-0.2, 0) is 0 Å². The van der Waals surface area contributed by atoms with Gasteiger partial charge in [-0.1, -0.05) is 11.7 Å². The minimum absolute atomic E-state index is 0.380. The number of nitrogens with zero attached hydrogens (tertiary/aromatic N) is 4. The maximum atomic E-state index is 4.93. The van der Waals surface area contributed by atoms with Gasteiger partial charge in [-0.15, -0.1) is 5.10 Å². The molecule has 2 rings (SSSR count). The smallest absolute Gasteiger partial charge is 0.278 e. The third-order valence-electron chi connectivity index (χ3n) is 1.64. The van der Waals surface area contributed by atoms with Gasteiger partial charge in [-0.3, -0.25) is 0 Å². The van der Waals surface area contributed by atoms with E-state index in [0.29, 0.717) is 23.1 Å². The summed E-state index contributed by atoms with van der Waals surface area (Å²) in [6.45, 7) is 5.33. The van der Waals surface area contributed by atoms with Gasteiger partial charge >= 0.3 is 0 Å². The largest absolute Gasteiger partial charge is 0.332 e. The SMILES string of the molecule is C=Cc1ccc(-c2nc(C)no2)nn1. The average molecular weight is 188 g/mol. The molecule has 0 saturated carbocycles. The lowest BCUT2D eigenvalue weighted by Gasteiger charge is -1.92. The fourth-order valence-corrected chi connectivity index (χ4v) is 0.967. The fraction of sp³-hybridized carbons (Fsp3) is 0.111. The van der Waals surface area contributed by atoms with E-state index >= 15 is 0 Å². The van der Waals surface area contributed by atoms with Gasteiger partial charge in [0.15, 0.2) is 11.5 Å². The van der Waals surface area contributed by atoms with E-state index in [1.54, 1.807) is 25.1 Å². The van der Waals surface area contributed by atoms with E-state index in [1.807, 2.05) is 0 Å². The first kappa shape index (κ1) is 8.55. The summed E-state index contributed by atoms with van der Waals surface area (Å²) in [6.07, 6.45) is 1.62. The van der Waals surface area contributed by atoms with Crippen LogP contribution in [0.1, 0.15) is 11.5 Å². The van der Waals surface area contributed by atoms with Crippen LogP contribution in [0, 0.1) is 6.92 Å². The van der Waals surface area contributed by atoms with Crippen LogP contribution < -0.4 is 0 Å². The van der Waals surface area contributed by atoms with Gasteiger partial charge in [0.2, 0.25) is 0 Å². The maximum absolute atomic E-state index is 4.93. The summed E-state index contributed by atoms with van der Waals surface area (Å²) >= 11 is 0. The molecule has 0 N–H and O–H groups in total. The van der Waals surface area contributed by atoms with Crippen molar-refractivity contribution in [2.75, 3.05) is 0 Å². The van der Waals surface area contributed by atoms with Gasteiger partial charge in [-0.25, -0.2) is 0 Å². The van der Waals surface area contributed by atoms with E-state index in [0.717, 1.165) is 0 Å². The molecule has 0 aliphatic rings. The van der Waals surface area contributed by atoms with Crippen molar-refractivity contribution in [2.24, 2.45) is 0 Å². The van der Waals surface area contributed by atoms with Crippen molar-refractivity contribution in [3.05, 3.63) is 30.2 Å². The van der Waals surface area contributed by atoms with E-state index in [-0.39, 0.29) is 0 Å². The monoisotopic (exact) mass is 188 g/mol. The highest BCUT2D eigenvalue weighted by Gasteiger charge is 2.07. The normalized spacial score (nSPS) is 10.1. The Morgan fingerprint density at radius 2 is 2.21 bits per heavy atom. The Balaban J connectivity index is 2.38. The van der Waals surface area contributed by atoms with Crippen molar-refractivity contribution in [2.45, 2.75) is 6.92 Å². The Morgan fingerprint density at radius 3 is 2.71 bits per heavy atom. The fourth-order valence-electron chi connectivity index (χ4n) is 0.967. The molecule has 70 valence electrons. The summed E-state index contributed by atoms with van der Waals surface area (Å²) in [5.41, 5.74) is 1.28. The molecule has 0 radical (unpaired) electrons. The third-order valence-corrected chi connectivity index (χ3v) is 1.64. The van der Waals surface area contributed by atoms with E-state index < -0.39 is 0 Å². The molecule has 0 atom stereocenters. The molecule has 0 spiro atoms. The average Bonchev–Trinajstić information content (AvgIpc) is 2.65. The van der Waals surface area contributed by atoms with Crippen molar-refractivity contribution < 1.29 is 4.52 Å². The molecule has 2 heterocycles. The van der Waals surface area contributed by atoms with Crippen molar-refractivity contribution in [3.8, 4) is 11.6 Å². The van der Waals surface area contributed by atoms with Gasteiger partial charge < -0.3 is 4.52 Å². The summed E-state index contributed by atoms with van der Waals surface area (Å²) in [5, 5.41) is 11.5. The Hall–Kier alpha value is -2.04. The summed E-state index contributed by atoms with van der Waals surface area (Å²) in [4.78, 5) is 4.03. The molecule has 0 aromatic carbocycles. The molecule has 5 heteroatoms. The molecule has 0 aliphatic heterocycles. The van der Waals surface area contributed by atoms with Crippen LogP contribution in [0.25, 0.3) is 17.7 Å². The summed E-state index contributed by atoms with van der Waals surface area (Å²) in [7, 11) is 0. The molecular weight excluding hydrogens is 180 g/mol. The van der Waals surface area contributed by atoms with Crippen LogP contribution in [-0.4, -0.2) is 20.3 Å².